The van der Waals surface area contributed by atoms with Crippen molar-refractivity contribution in [3.05, 3.63) is 17.5 Å². The Hall–Kier alpha value is -1.20. The average molecular weight is 266 g/mol. The molecule has 1 aromatic heterocycles. The molecule has 5 nitrogen and oxygen atoms in total. The van der Waals surface area contributed by atoms with E-state index < -0.39 is 0 Å². The number of carbonyl (C=O) groups is 1. The van der Waals surface area contributed by atoms with Gasteiger partial charge in [-0.2, -0.15) is 5.10 Å². The van der Waals surface area contributed by atoms with E-state index in [1.54, 1.807) is 4.68 Å². The first-order valence-electron chi connectivity index (χ1n) is 6.99. The molecule has 0 saturated carbocycles. The molecule has 0 spiro atoms. The zero-order valence-electron chi connectivity index (χ0n) is 12.8. The Morgan fingerprint density at radius 3 is 2.37 bits per heavy atom. The number of aromatic nitrogens is 2. The van der Waals surface area contributed by atoms with Crippen LogP contribution in [0, 0.1) is 0 Å². The highest BCUT2D eigenvalue weighted by Crippen LogP contribution is 2.08. The second-order valence-electron chi connectivity index (χ2n) is 4.99. The molecule has 0 aliphatic heterocycles. The number of carbonyl (C=O) groups excluding carboxylic acids is 1. The van der Waals surface area contributed by atoms with Crippen molar-refractivity contribution in [3.8, 4) is 0 Å². The SMILES string of the molecule is CCc1cc(CN(C)C)n(C(=O)CN(CC)CC)n1. The van der Waals surface area contributed by atoms with Gasteiger partial charge in [-0.05, 0) is 39.7 Å². The lowest BCUT2D eigenvalue weighted by Crippen LogP contribution is -2.34. The number of nitrogens with zero attached hydrogens (tertiary/aromatic N) is 4. The van der Waals surface area contributed by atoms with E-state index >= 15 is 0 Å². The topological polar surface area (TPSA) is 41.4 Å². The fraction of sp³-hybridized carbons (Fsp3) is 0.714. The van der Waals surface area contributed by atoms with E-state index in [1.165, 1.54) is 0 Å². The van der Waals surface area contributed by atoms with Crippen molar-refractivity contribution in [3.63, 3.8) is 0 Å². The predicted molar refractivity (Wildman–Crippen MR) is 77.4 cm³/mol. The minimum Gasteiger partial charge on any atom is -0.304 e. The van der Waals surface area contributed by atoms with Crippen LogP contribution in [0.15, 0.2) is 6.07 Å². The third-order valence-electron chi connectivity index (χ3n) is 3.16. The minimum absolute atomic E-state index is 0.0558. The van der Waals surface area contributed by atoms with E-state index in [9.17, 15) is 4.79 Å². The maximum absolute atomic E-state index is 12.3. The lowest BCUT2D eigenvalue weighted by molar-refractivity contribution is 0.0832. The van der Waals surface area contributed by atoms with E-state index in [4.69, 9.17) is 0 Å². The maximum atomic E-state index is 12.3. The molecule has 1 heterocycles. The van der Waals surface area contributed by atoms with Gasteiger partial charge in [0.25, 0.3) is 5.91 Å². The summed E-state index contributed by atoms with van der Waals surface area (Å²) in [6.45, 7) is 9.12. The van der Waals surface area contributed by atoms with Crippen molar-refractivity contribution in [2.24, 2.45) is 0 Å². The molecule has 1 aromatic rings. The first-order chi connectivity index (χ1) is 9.01. The van der Waals surface area contributed by atoms with Crippen molar-refractivity contribution in [2.75, 3.05) is 33.7 Å². The fourth-order valence-electron chi connectivity index (χ4n) is 2.01. The number of rotatable bonds is 7. The molecule has 19 heavy (non-hydrogen) atoms. The Bertz CT molecular complexity index is 408. The summed E-state index contributed by atoms with van der Waals surface area (Å²) in [6, 6.07) is 2.03. The van der Waals surface area contributed by atoms with Crippen LogP contribution in [0.25, 0.3) is 0 Å². The van der Waals surface area contributed by atoms with E-state index in [-0.39, 0.29) is 5.91 Å². The van der Waals surface area contributed by atoms with Crippen LogP contribution >= 0.6 is 0 Å². The van der Waals surface area contributed by atoms with E-state index in [0.717, 1.165) is 37.4 Å². The number of likely N-dealkylation sites (N-methyl/N-ethyl adjacent to an activating group) is 1. The third kappa shape index (κ3) is 4.44. The van der Waals surface area contributed by atoms with E-state index in [0.29, 0.717) is 6.54 Å². The molecule has 0 N–H and O–H groups in total. The molecule has 0 aliphatic carbocycles. The van der Waals surface area contributed by atoms with Gasteiger partial charge in [-0.25, -0.2) is 4.68 Å². The van der Waals surface area contributed by atoms with Gasteiger partial charge in [0.15, 0.2) is 0 Å². The van der Waals surface area contributed by atoms with Crippen molar-refractivity contribution >= 4 is 5.91 Å². The summed E-state index contributed by atoms with van der Waals surface area (Å²) in [7, 11) is 4.00. The quantitative estimate of drug-likeness (QED) is 0.750. The maximum Gasteiger partial charge on any atom is 0.261 e. The van der Waals surface area contributed by atoms with Crippen molar-refractivity contribution in [1.29, 1.82) is 0 Å². The normalized spacial score (nSPS) is 11.5. The van der Waals surface area contributed by atoms with Crippen molar-refractivity contribution in [2.45, 2.75) is 33.7 Å². The smallest absolute Gasteiger partial charge is 0.261 e. The molecule has 5 heteroatoms. The molecular weight excluding hydrogens is 240 g/mol. The lowest BCUT2D eigenvalue weighted by atomic mass is 10.3. The van der Waals surface area contributed by atoms with Crippen molar-refractivity contribution < 1.29 is 4.79 Å². The van der Waals surface area contributed by atoms with Crippen LogP contribution in [-0.4, -0.2) is 59.2 Å². The van der Waals surface area contributed by atoms with Gasteiger partial charge in [0.1, 0.15) is 0 Å². The summed E-state index contributed by atoms with van der Waals surface area (Å²) in [5.74, 6) is 0.0558. The Morgan fingerprint density at radius 1 is 1.26 bits per heavy atom. The van der Waals surface area contributed by atoms with Crippen molar-refractivity contribution in [1.82, 2.24) is 19.6 Å². The van der Waals surface area contributed by atoms with Crippen LogP contribution < -0.4 is 0 Å². The fourth-order valence-corrected chi connectivity index (χ4v) is 2.01. The molecule has 0 aromatic carbocycles. The first-order valence-corrected chi connectivity index (χ1v) is 6.99. The molecule has 0 bridgehead atoms. The predicted octanol–water partition coefficient (Wildman–Crippen LogP) is 1.49. The minimum atomic E-state index is 0.0558. The lowest BCUT2D eigenvalue weighted by Gasteiger charge is -2.18. The van der Waals surface area contributed by atoms with Gasteiger partial charge < -0.3 is 4.90 Å². The zero-order chi connectivity index (χ0) is 14.4. The molecule has 108 valence electrons. The Balaban J connectivity index is 2.90. The second-order valence-corrected chi connectivity index (χ2v) is 4.99. The van der Waals surface area contributed by atoms with Gasteiger partial charge in [-0.15, -0.1) is 0 Å². The average Bonchev–Trinajstić information content (AvgIpc) is 2.78. The monoisotopic (exact) mass is 266 g/mol. The molecule has 0 amide bonds. The second kappa shape index (κ2) is 7.40. The van der Waals surface area contributed by atoms with Gasteiger partial charge in [-0.1, -0.05) is 20.8 Å². The zero-order valence-corrected chi connectivity index (χ0v) is 12.8. The molecular formula is C14H26N4O. The summed E-state index contributed by atoms with van der Waals surface area (Å²) < 4.78 is 1.58. The van der Waals surface area contributed by atoms with Crippen LogP contribution in [0.3, 0.4) is 0 Å². The summed E-state index contributed by atoms with van der Waals surface area (Å²) in [5.41, 5.74) is 1.95. The first kappa shape index (κ1) is 15.9. The van der Waals surface area contributed by atoms with Gasteiger partial charge in [0.2, 0.25) is 0 Å². The van der Waals surface area contributed by atoms with E-state index in [2.05, 4.69) is 35.7 Å². The van der Waals surface area contributed by atoms with Gasteiger partial charge >= 0.3 is 0 Å². The Morgan fingerprint density at radius 2 is 1.89 bits per heavy atom. The summed E-state index contributed by atoms with van der Waals surface area (Å²) in [4.78, 5) is 16.5. The van der Waals surface area contributed by atoms with Gasteiger partial charge in [0, 0.05) is 6.54 Å². The number of hydrogen-bond donors (Lipinski definition) is 0. The highest BCUT2D eigenvalue weighted by atomic mass is 16.2. The number of aryl methyl sites for hydroxylation is 1. The van der Waals surface area contributed by atoms with Crippen LogP contribution in [-0.2, 0) is 13.0 Å². The largest absolute Gasteiger partial charge is 0.304 e. The molecule has 1 rings (SSSR count). The molecule has 0 radical (unpaired) electrons. The highest BCUT2D eigenvalue weighted by molar-refractivity contribution is 5.80. The highest BCUT2D eigenvalue weighted by Gasteiger charge is 2.16. The Labute approximate surface area is 116 Å². The van der Waals surface area contributed by atoms with Gasteiger partial charge in [0.05, 0.1) is 17.9 Å². The molecule has 0 atom stereocenters. The number of hydrogen-bond acceptors (Lipinski definition) is 4. The molecule has 0 fully saturated rings. The van der Waals surface area contributed by atoms with Crippen LogP contribution in [0.1, 0.15) is 37.0 Å². The third-order valence-corrected chi connectivity index (χ3v) is 3.16. The molecule has 0 aliphatic rings. The Kier molecular flexibility index (Phi) is 6.18. The summed E-state index contributed by atoms with van der Waals surface area (Å²) in [5, 5.41) is 4.42. The molecule has 0 saturated heterocycles. The van der Waals surface area contributed by atoms with Crippen LogP contribution in [0.5, 0.6) is 0 Å². The summed E-state index contributed by atoms with van der Waals surface area (Å²) in [6.07, 6.45) is 0.853. The van der Waals surface area contributed by atoms with Crippen LogP contribution in [0.4, 0.5) is 0 Å². The van der Waals surface area contributed by atoms with E-state index in [1.807, 2.05) is 20.2 Å². The molecule has 0 unspecified atom stereocenters. The standard InChI is InChI=1S/C14H26N4O/c1-6-12-9-13(10-16(4)5)18(15-12)14(19)11-17(7-2)8-3/h9H,6-8,10-11H2,1-5H3. The summed E-state index contributed by atoms with van der Waals surface area (Å²) >= 11 is 0. The van der Waals surface area contributed by atoms with Gasteiger partial charge in [-0.3, -0.25) is 9.69 Å². The van der Waals surface area contributed by atoms with Crippen LogP contribution in [0.2, 0.25) is 0 Å².